The zero-order chi connectivity index (χ0) is 16.5. The number of piperazine rings is 1. The van der Waals surface area contributed by atoms with Gasteiger partial charge in [0.2, 0.25) is 0 Å². The van der Waals surface area contributed by atoms with Crippen LogP contribution in [0, 0.1) is 0 Å². The molecule has 2 unspecified atom stereocenters. The number of sulfone groups is 1. The summed E-state index contributed by atoms with van der Waals surface area (Å²) < 4.78 is 24.2. The largest absolute Gasteiger partial charge is 0.333 e. The first-order valence-electron chi connectivity index (χ1n) is 7.63. The van der Waals surface area contributed by atoms with E-state index >= 15 is 0 Å². The van der Waals surface area contributed by atoms with Crippen LogP contribution in [0.5, 0.6) is 0 Å². The third kappa shape index (κ3) is 4.05. The summed E-state index contributed by atoms with van der Waals surface area (Å²) in [6.07, 6.45) is 0. The maximum atomic E-state index is 12.6. The van der Waals surface area contributed by atoms with Crippen molar-refractivity contribution in [2.24, 2.45) is 0 Å². The van der Waals surface area contributed by atoms with Crippen molar-refractivity contribution in [2.45, 2.75) is 49.9 Å². The highest BCUT2D eigenvalue weighted by Crippen LogP contribution is 2.19. The maximum Gasteiger partial charge on any atom is 0.254 e. The van der Waals surface area contributed by atoms with Crippen LogP contribution in [0.1, 0.15) is 38.1 Å². The second kappa shape index (κ2) is 7.64. The van der Waals surface area contributed by atoms with Gasteiger partial charge in [-0.05, 0) is 52.0 Å². The predicted octanol–water partition coefficient (Wildman–Crippen LogP) is 2.11. The number of hydrogen-bond acceptors (Lipinski definition) is 4. The molecule has 1 N–H and O–H groups in total. The fourth-order valence-electron chi connectivity index (χ4n) is 2.57. The second-order valence-electron chi connectivity index (χ2n) is 6.10. The number of carbonyl (C=O) groups excluding carboxylic acids is 1. The van der Waals surface area contributed by atoms with Gasteiger partial charge in [0.1, 0.15) is 0 Å². The molecule has 0 radical (unpaired) electrons. The first kappa shape index (κ1) is 19.9. The molecule has 2 atom stereocenters. The van der Waals surface area contributed by atoms with Crippen LogP contribution in [-0.4, -0.2) is 49.6 Å². The van der Waals surface area contributed by atoms with Gasteiger partial charge in [-0.15, -0.1) is 12.4 Å². The Kier molecular flexibility index (Phi) is 6.62. The van der Waals surface area contributed by atoms with E-state index < -0.39 is 15.1 Å². The zero-order valence-electron chi connectivity index (χ0n) is 13.9. The van der Waals surface area contributed by atoms with Crippen molar-refractivity contribution in [3.63, 3.8) is 0 Å². The molecule has 0 aromatic heterocycles. The minimum absolute atomic E-state index is 0. The molecule has 2 rings (SSSR count). The van der Waals surface area contributed by atoms with Gasteiger partial charge in [0.25, 0.3) is 5.91 Å². The van der Waals surface area contributed by atoms with Crippen molar-refractivity contribution in [1.29, 1.82) is 0 Å². The van der Waals surface area contributed by atoms with Crippen LogP contribution >= 0.6 is 12.4 Å². The average Bonchev–Trinajstić information content (AvgIpc) is 2.49. The Morgan fingerprint density at radius 1 is 1.22 bits per heavy atom. The number of rotatable bonds is 3. The highest BCUT2D eigenvalue weighted by molar-refractivity contribution is 7.92. The lowest BCUT2D eigenvalue weighted by Gasteiger charge is -2.38. The Morgan fingerprint density at radius 3 is 2.30 bits per heavy atom. The van der Waals surface area contributed by atoms with Crippen molar-refractivity contribution >= 4 is 28.2 Å². The topological polar surface area (TPSA) is 66.5 Å². The molecule has 0 spiro atoms. The number of carbonyl (C=O) groups is 1. The molecule has 5 nitrogen and oxygen atoms in total. The van der Waals surface area contributed by atoms with Crippen molar-refractivity contribution in [1.82, 2.24) is 10.2 Å². The van der Waals surface area contributed by atoms with Gasteiger partial charge in [0, 0.05) is 30.7 Å². The van der Waals surface area contributed by atoms with Crippen molar-refractivity contribution in [2.75, 3.05) is 13.1 Å². The average molecular weight is 361 g/mol. The molecular formula is C16H25ClN2O3S. The lowest BCUT2D eigenvalue weighted by atomic mass is 10.1. The van der Waals surface area contributed by atoms with Gasteiger partial charge < -0.3 is 10.2 Å². The first-order chi connectivity index (χ1) is 10.2. The van der Waals surface area contributed by atoms with E-state index in [9.17, 15) is 13.2 Å². The molecule has 7 heteroatoms. The summed E-state index contributed by atoms with van der Waals surface area (Å²) in [5.74, 6) is -0.0469. The summed E-state index contributed by atoms with van der Waals surface area (Å²) in [5, 5.41) is 2.87. The Labute approximate surface area is 144 Å². The van der Waals surface area contributed by atoms with E-state index in [1.54, 1.807) is 26.0 Å². The lowest BCUT2D eigenvalue weighted by Crippen LogP contribution is -2.57. The Bertz CT molecular complexity index is 644. The zero-order valence-corrected chi connectivity index (χ0v) is 15.6. The van der Waals surface area contributed by atoms with Gasteiger partial charge in [-0.1, -0.05) is 0 Å². The minimum atomic E-state index is -3.30. The molecule has 0 saturated carbocycles. The first-order valence-corrected chi connectivity index (χ1v) is 9.18. The molecule has 1 fully saturated rings. The number of nitrogens with zero attached hydrogens (tertiary/aromatic N) is 1. The summed E-state index contributed by atoms with van der Waals surface area (Å²) in [4.78, 5) is 14.7. The van der Waals surface area contributed by atoms with E-state index in [1.165, 1.54) is 12.1 Å². The van der Waals surface area contributed by atoms with Crippen molar-refractivity contribution < 1.29 is 13.2 Å². The molecule has 0 aliphatic carbocycles. The van der Waals surface area contributed by atoms with E-state index in [0.29, 0.717) is 12.1 Å². The van der Waals surface area contributed by atoms with E-state index in [4.69, 9.17) is 0 Å². The smallest absolute Gasteiger partial charge is 0.254 e. The molecule has 0 bridgehead atoms. The molecule has 1 amide bonds. The molecule has 1 saturated heterocycles. The Morgan fingerprint density at radius 2 is 1.78 bits per heavy atom. The molecule has 23 heavy (non-hydrogen) atoms. The number of nitrogens with one attached hydrogen (secondary N) is 1. The van der Waals surface area contributed by atoms with Crippen molar-refractivity contribution in [3.8, 4) is 0 Å². The van der Waals surface area contributed by atoms with Crippen LogP contribution in [0.2, 0.25) is 0 Å². The van der Waals surface area contributed by atoms with E-state index in [1.807, 2.05) is 11.8 Å². The van der Waals surface area contributed by atoms with Crippen molar-refractivity contribution in [3.05, 3.63) is 29.8 Å². The highest BCUT2D eigenvalue weighted by Gasteiger charge is 2.29. The summed E-state index contributed by atoms with van der Waals surface area (Å²) in [6, 6.07) is 6.63. The number of amides is 1. The van der Waals surface area contributed by atoms with Gasteiger partial charge in [0.15, 0.2) is 9.84 Å². The standard InChI is InChI=1S/C16H24N2O3S.ClH/c1-11(2)22(20,21)15-7-5-14(6-8-15)16(19)18-10-9-17-12(3)13(18)4;/h5-8,11-13,17H,9-10H2,1-4H3;1H. The summed E-state index contributed by atoms with van der Waals surface area (Å²) in [7, 11) is -3.30. The SMILES string of the molecule is CC1NCCN(C(=O)c2ccc(S(=O)(=O)C(C)C)cc2)C1C.Cl. The van der Waals surface area contributed by atoms with E-state index in [0.717, 1.165) is 6.54 Å². The molecular weight excluding hydrogens is 336 g/mol. The molecule has 1 heterocycles. The van der Waals surface area contributed by atoms with E-state index in [-0.39, 0.29) is 35.3 Å². The minimum Gasteiger partial charge on any atom is -0.333 e. The Balaban J connectivity index is 0.00000264. The molecule has 1 aromatic rings. The quantitative estimate of drug-likeness (QED) is 0.896. The van der Waals surface area contributed by atoms with Gasteiger partial charge >= 0.3 is 0 Å². The number of hydrogen-bond donors (Lipinski definition) is 1. The molecule has 1 aliphatic heterocycles. The summed E-state index contributed by atoms with van der Waals surface area (Å²) in [5.41, 5.74) is 0.531. The third-order valence-corrected chi connectivity index (χ3v) is 6.52. The summed E-state index contributed by atoms with van der Waals surface area (Å²) in [6.45, 7) is 8.82. The molecule has 1 aromatic carbocycles. The van der Waals surface area contributed by atoms with Crippen LogP contribution in [0.4, 0.5) is 0 Å². The summed E-state index contributed by atoms with van der Waals surface area (Å²) >= 11 is 0. The van der Waals surface area contributed by atoms with Crippen LogP contribution < -0.4 is 5.32 Å². The van der Waals surface area contributed by atoms with Gasteiger partial charge in [-0.3, -0.25) is 4.79 Å². The Hall–Kier alpha value is -1.11. The van der Waals surface area contributed by atoms with Crippen LogP contribution in [0.25, 0.3) is 0 Å². The van der Waals surface area contributed by atoms with Gasteiger partial charge in [-0.25, -0.2) is 8.42 Å². The van der Waals surface area contributed by atoms with Crippen LogP contribution in [-0.2, 0) is 9.84 Å². The number of halogens is 1. The van der Waals surface area contributed by atoms with Crippen LogP contribution in [0.3, 0.4) is 0 Å². The predicted molar refractivity (Wildman–Crippen MR) is 94.0 cm³/mol. The number of benzene rings is 1. The fourth-order valence-corrected chi connectivity index (χ4v) is 3.63. The maximum absolute atomic E-state index is 12.6. The fraction of sp³-hybridized carbons (Fsp3) is 0.562. The monoisotopic (exact) mass is 360 g/mol. The lowest BCUT2D eigenvalue weighted by molar-refractivity contribution is 0.0603. The molecule has 130 valence electrons. The highest BCUT2D eigenvalue weighted by atomic mass is 35.5. The van der Waals surface area contributed by atoms with Crippen LogP contribution in [0.15, 0.2) is 29.2 Å². The third-order valence-electron chi connectivity index (χ3n) is 4.35. The molecule has 1 aliphatic rings. The van der Waals surface area contributed by atoms with Gasteiger partial charge in [-0.2, -0.15) is 0 Å². The van der Waals surface area contributed by atoms with Gasteiger partial charge in [0.05, 0.1) is 10.1 Å². The van der Waals surface area contributed by atoms with E-state index in [2.05, 4.69) is 12.2 Å². The second-order valence-corrected chi connectivity index (χ2v) is 8.60. The normalized spacial score (nSPS) is 21.9.